The SMILES string of the molecule is C=C/C(=C\C=C/C)CCC1CC(O)=C(C(CC)c2cccc([N+](=O)[O-])c2)C(=O)O1. The molecule has 1 aromatic rings. The topological polar surface area (TPSA) is 89.7 Å². The van der Waals surface area contributed by atoms with Gasteiger partial charge in [-0.3, -0.25) is 10.1 Å². The van der Waals surface area contributed by atoms with Gasteiger partial charge in [-0.2, -0.15) is 0 Å². The Morgan fingerprint density at radius 1 is 1.48 bits per heavy atom. The fourth-order valence-electron chi connectivity index (χ4n) is 3.47. The van der Waals surface area contributed by atoms with Crippen LogP contribution in [0.1, 0.15) is 51.0 Å². The molecule has 0 saturated heterocycles. The summed E-state index contributed by atoms with van der Waals surface area (Å²) < 4.78 is 5.58. The lowest BCUT2D eigenvalue weighted by molar-refractivity contribution is -0.384. The Morgan fingerprint density at radius 3 is 2.83 bits per heavy atom. The van der Waals surface area contributed by atoms with Crippen molar-refractivity contribution in [3.05, 3.63) is 87.7 Å². The highest BCUT2D eigenvalue weighted by Crippen LogP contribution is 2.36. The van der Waals surface area contributed by atoms with E-state index < -0.39 is 22.9 Å². The number of non-ortho nitro benzene ring substituents is 1. The van der Waals surface area contributed by atoms with Gasteiger partial charge in [0.05, 0.1) is 10.5 Å². The fraction of sp³-hybridized carbons (Fsp3) is 0.348. The maximum absolute atomic E-state index is 12.7. The van der Waals surface area contributed by atoms with E-state index in [1.807, 2.05) is 32.1 Å². The van der Waals surface area contributed by atoms with Crippen molar-refractivity contribution in [2.75, 3.05) is 0 Å². The molecule has 0 aliphatic carbocycles. The monoisotopic (exact) mass is 397 g/mol. The molecule has 1 aliphatic rings. The van der Waals surface area contributed by atoms with E-state index in [9.17, 15) is 20.0 Å². The van der Waals surface area contributed by atoms with Crippen LogP contribution in [-0.2, 0) is 9.53 Å². The summed E-state index contributed by atoms with van der Waals surface area (Å²) in [5.74, 6) is -1.02. The molecule has 0 spiro atoms. The second-order valence-corrected chi connectivity index (χ2v) is 6.91. The number of rotatable bonds is 9. The summed E-state index contributed by atoms with van der Waals surface area (Å²) in [7, 11) is 0. The van der Waals surface area contributed by atoms with Gasteiger partial charge < -0.3 is 9.84 Å². The molecule has 154 valence electrons. The molecule has 0 fully saturated rings. The number of allylic oxidation sites excluding steroid dienone is 5. The maximum atomic E-state index is 12.7. The van der Waals surface area contributed by atoms with Crippen molar-refractivity contribution in [3.8, 4) is 0 Å². The first kappa shape index (κ1) is 22.1. The summed E-state index contributed by atoms with van der Waals surface area (Å²) >= 11 is 0. The van der Waals surface area contributed by atoms with Crippen molar-refractivity contribution in [3.63, 3.8) is 0 Å². The van der Waals surface area contributed by atoms with Crippen LogP contribution in [0.5, 0.6) is 0 Å². The first-order valence-corrected chi connectivity index (χ1v) is 9.72. The zero-order valence-electron chi connectivity index (χ0n) is 16.8. The summed E-state index contributed by atoms with van der Waals surface area (Å²) in [5, 5.41) is 21.7. The molecule has 6 heteroatoms. The van der Waals surface area contributed by atoms with Crippen LogP contribution < -0.4 is 0 Å². The number of nitro benzene ring substituents is 1. The van der Waals surface area contributed by atoms with E-state index in [0.717, 1.165) is 5.57 Å². The number of carbonyl (C=O) groups is 1. The van der Waals surface area contributed by atoms with E-state index in [4.69, 9.17) is 4.74 Å². The lowest BCUT2D eigenvalue weighted by Gasteiger charge is -2.28. The quantitative estimate of drug-likeness (QED) is 0.250. The van der Waals surface area contributed by atoms with Crippen molar-refractivity contribution in [1.82, 2.24) is 0 Å². The molecule has 0 bridgehead atoms. The highest BCUT2D eigenvalue weighted by atomic mass is 16.6. The largest absolute Gasteiger partial charge is 0.512 e. The Morgan fingerprint density at radius 2 is 2.24 bits per heavy atom. The van der Waals surface area contributed by atoms with Gasteiger partial charge >= 0.3 is 5.97 Å². The smallest absolute Gasteiger partial charge is 0.338 e. The third-order valence-electron chi connectivity index (χ3n) is 4.99. The van der Waals surface area contributed by atoms with E-state index >= 15 is 0 Å². The minimum atomic E-state index is -0.560. The number of esters is 1. The predicted molar refractivity (Wildman–Crippen MR) is 113 cm³/mol. The van der Waals surface area contributed by atoms with Crippen LogP contribution in [0.4, 0.5) is 5.69 Å². The average molecular weight is 397 g/mol. The van der Waals surface area contributed by atoms with Gasteiger partial charge in [-0.05, 0) is 37.3 Å². The number of aliphatic hydroxyl groups is 1. The van der Waals surface area contributed by atoms with Gasteiger partial charge in [0.2, 0.25) is 0 Å². The fourth-order valence-corrected chi connectivity index (χ4v) is 3.47. The number of hydrogen-bond acceptors (Lipinski definition) is 5. The van der Waals surface area contributed by atoms with Gasteiger partial charge in [0.1, 0.15) is 11.9 Å². The zero-order chi connectivity index (χ0) is 21.4. The van der Waals surface area contributed by atoms with Crippen molar-refractivity contribution < 1.29 is 19.6 Å². The Kier molecular flexibility index (Phi) is 7.95. The molecule has 0 aromatic heterocycles. The van der Waals surface area contributed by atoms with Crippen LogP contribution in [0, 0.1) is 10.1 Å². The van der Waals surface area contributed by atoms with Gasteiger partial charge in [0.25, 0.3) is 5.69 Å². The number of carbonyl (C=O) groups excluding carboxylic acids is 1. The van der Waals surface area contributed by atoms with E-state index in [1.54, 1.807) is 18.2 Å². The zero-order valence-corrected chi connectivity index (χ0v) is 16.8. The number of ether oxygens (including phenoxy) is 1. The molecule has 1 N–H and O–H groups in total. The molecule has 0 saturated carbocycles. The summed E-state index contributed by atoms with van der Waals surface area (Å²) in [5.41, 5.74) is 1.78. The third kappa shape index (κ3) is 5.67. The molecule has 2 unspecified atom stereocenters. The lowest BCUT2D eigenvalue weighted by atomic mass is 9.85. The van der Waals surface area contributed by atoms with Crippen LogP contribution in [-0.4, -0.2) is 22.1 Å². The molecule has 1 heterocycles. The van der Waals surface area contributed by atoms with Crippen LogP contribution >= 0.6 is 0 Å². The standard InChI is InChI=1S/C23H27NO5/c1-4-7-9-16(5-2)12-13-19-15-21(25)22(23(26)29-19)20(6-3)17-10-8-11-18(14-17)24(27)28/h4-5,7-11,14,19-20,25H,2,6,12-13,15H2,1,3H3/b7-4-,16-9+. The second-order valence-electron chi connectivity index (χ2n) is 6.91. The molecule has 6 nitrogen and oxygen atoms in total. The van der Waals surface area contributed by atoms with E-state index in [2.05, 4.69) is 6.58 Å². The van der Waals surface area contributed by atoms with E-state index in [0.29, 0.717) is 24.8 Å². The van der Waals surface area contributed by atoms with Crippen LogP contribution in [0.25, 0.3) is 0 Å². The predicted octanol–water partition coefficient (Wildman–Crippen LogP) is 5.68. The Labute approximate surface area is 171 Å². The van der Waals surface area contributed by atoms with E-state index in [1.165, 1.54) is 12.1 Å². The Bertz CT molecular complexity index is 866. The summed E-state index contributed by atoms with van der Waals surface area (Å²) in [6.07, 6.45) is 9.14. The minimum absolute atomic E-state index is 0.00203. The number of hydrogen-bond donors (Lipinski definition) is 1. The van der Waals surface area contributed by atoms with Gasteiger partial charge in [-0.15, -0.1) is 0 Å². The molecule has 2 rings (SSSR count). The molecule has 1 aromatic carbocycles. The summed E-state index contributed by atoms with van der Waals surface area (Å²) in [4.78, 5) is 23.3. The first-order chi connectivity index (χ1) is 13.9. The molecule has 2 atom stereocenters. The molecular formula is C23H27NO5. The van der Waals surface area contributed by atoms with Crippen LogP contribution in [0.2, 0.25) is 0 Å². The molecule has 0 amide bonds. The third-order valence-corrected chi connectivity index (χ3v) is 4.99. The summed E-state index contributed by atoms with van der Waals surface area (Å²) in [6.45, 7) is 7.58. The van der Waals surface area contributed by atoms with Gasteiger partial charge in [0, 0.05) is 24.5 Å². The number of benzene rings is 1. The second kappa shape index (κ2) is 10.4. The first-order valence-electron chi connectivity index (χ1n) is 9.72. The van der Waals surface area contributed by atoms with Crippen molar-refractivity contribution in [1.29, 1.82) is 0 Å². The van der Waals surface area contributed by atoms with Crippen molar-refractivity contribution in [2.24, 2.45) is 0 Å². The van der Waals surface area contributed by atoms with Crippen molar-refractivity contribution in [2.45, 2.75) is 51.6 Å². The van der Waals surface area contributed by atoms with Crippen LogP contribution in [0.15, 0.2) is 72.1 Å². The number of cyclic esters (lactones) is 1. The number of aliphatic hydroxyl groups excluding tert-OH is 1. The molecule has 1 aliphatic heterocycles. The molecule has 29 heavy (non-hydrogen) atoms. The van der Waals surface area contributed by atoms with Gasteiger partial charge in [-0.1, -0.05) is 49.9 Å². The van der Waals surface area contributed by atoms with Crippen molar-refractivity contribution >= 4 is 11.7 Å². The number of nitro groups is 1. The number of nitrogens with zero attached hydrogens (tertiary/aromatic N) is 1. The maximum Gasteiger partial charge on any atom is 0.338 e. The molecular weight excluding hydrogens is 370 g/mol. The van der Waals surface area contributed by atoms with Crippen LogP contribution in [0.3, 0.4) is 0 Å². The lowest BCUT2D eigenvalue weighted by Crippen LogP contribution is -2.29. The highest BCUT2D eigenvalue weighted by Gasteiger charge is 2.34. The van der Waals surface area contributed by atoms with Gasteiger partial charge in [-0.25, -0.2) is 4.79 Å². The highest BCUT2D eigenvalue weighted by molar-refractivity contribution is 5.91. The Hall–Kier alpha value is -3.15. The minimum Gasteiger partial charge on any atom is -0.512 e. The van der Waals surface area contributed by atoms with E-state index in [-0.39, 0.29) is 23.4 Å². The normalized spacial score (nSPS) is 18.6. The molecule has 0 radical (unpaired) electrons. The van der Waals surface area contributed by atoms with Gasteiger partial charge in [0.15, 0.2) is 0 Å². The summed E-state index contributed by atoms with van der Waals surface area (Å²) in [6, 6.07) is 6.15. The Balaban J connectivity index is 2.20. The average Bonchev–Trinajstić information content (AvgIpc) is 2.71.